The Morgan fingerprint density at radius 1 is 1.05 bits per heavy atom. The van der Waals surface area contributed by atoms with E-state index in [1.54, 1.807) is 23.0 Å². The highest BCUT2D eigenvalue weighted by atomic mass is 16.5. The number of nitrogens with one attached hydrogen (secondary N) is 1. The summed E-state index contributed by atoms with van der Waals surface area (Å²) < 4.78 is 18.6. The Morgan fingerprint density at radius 3 is 2.62 bits per heavy atom. The number of aromatic nitrogens is 5. The van der Waals surface area contributed by atoms with Gasteiger partial charge >= 0.3 is 0 Å². The predicted molar refractivity (Wildman–Crippen MR) is 135 cm³/mol. The topological polar surface area (TPSA) is 124 Å². The van der Waals surface area contributed by atoms with Gasteiger partial charge in [-0.3, -0.25) is 9.48 Å². The van der Waals surface area contributed by atoms with Crippen molar-refractivity contribution >= 4 is 34.8 Å². The molecule has 7 rings (SSSR count). The highest BCUT2D eigenvalue weighted by molar-refractivity contribution is 6.09. The summed E-state index contributed by atoms with van der Waals surface area (Å²) in [5.41, 5.74) is 3.12. The van der Waals surface area contributed by atoms with Gasteiger partial charge in [0.25, 0.3) is 11.9 Å². The Balaban J connectivity index is 1.21. The third-order valence-corrected chi connectivity index (χ3v) is 7.04. The van der Waals surface area contributed by atoms with Crippen molar-refractivity contribution in [1.82, 2.24) is 24.7 Å². The van der Waals surface area contributed by atoms with E-state index in [1.807, 2.05) is 30.3 Å². The normalized spacial score (nSPS) is 18.6. The molecule has 3 saturated heterocycles. The summed E-state index contributed by atoms with van der Waals surface area (Å²) in [4.78, 5) is 31.8. The number of hydrogen-bond acceptors (Lipinski definition) is 10. The van der Waals surface area contributed by atoms with E-state index in [0.717, 1.165) is 37.6 Å². The third kappa shape index (κ3) is 3.98. The van der Waals surface area contributed by atoms with Crippen molar-refractivity contribution in [2.75, 3.05) is 67.7 Å². The first-order valence-corrected chi connectivity index (χ1v) is 12.3. The minimum Gasteiger partial charge on any atom is -0.422 e. The van der Waals surface area contributed by atoms with Gasteiger partial charge in [0, 0.05) is 51.1 Å². The third-order valence-electron chi connectivity index (χ3n) is 7.04. The van der Waals surface area contributed by atoms with Crippen molar-refractivity contribution in [3.05, 3.63) is 42.2 Å². The van der Waals surface area contributed by atoms with Crippen LogP contribution in [0.3, 0.4) is 0 Å². The van der Waals surface area contributed by atoms with Crippen LogP contribution in [-0.4, -0.2) is 83.2 Å². The van der Waals surface area contributed by atoms with Crippen molar-refractivity contribution in [1.29, 1.82) is 0 Å². The summed E-state index contributed by atoms with van der Waals surface area (Å²) in [6.07, 6.45) is 3.62. The second-order valence-corrected chi connectivity index (χ2v) is 9.89. The second kappa shape index (κ2) is 8.53. The molecule has 7 heterocycles. The lowest BCUT2D eigenvalue weighted by Crippen LogP contribution is -2.66. The SMILES string of the molecule is Cn1cc(-c2cccc(NC(=O)c3cc4oc(N5CCOCC5)nc4nc3N3CC4(COC4)C3)n2)cn1. The molecular formula is C25H26N8O4. The minimum atomic E-state index is -0.310. The molecule has 1 spiro atoms. The van der Waals surface area contributed by atoms with E-state index in [1.165, 1.54) is 0 Å². The Kier molecular flexibility index (Phi) is 5.11. The standard InChI is InChI=1S/C25H26N8O4/c1-31-11-16(10-26-31)18-3-2-4-20(27-18)28-23(34)17-9-19-21(30-24(37-19)32-5-7-35-8-6-32)29-22(17)33-12-25(13-33)14-36-15-25/h2-4,9-11H,5-8,12-15H2,1H3,(H,27,28,34). The number of ether oxygens (including phenoxy) is 2. The number of aryl methyl sites for hydroxylation is 1. The van der Waals surface area contributed by atoms with E-state index in [4.69, 9.17) is 18.9 Å². The Hall–Kier alpha value is -4.03. The van der Waals surface area contributed by atoms with Gasteiger partial charge in [0.15, 0.2) is 5.58 Å². The molecule has 4 aromatic heterocycles. The van der Waals surface area contributed by atoms with Crippen LogP contribution in [0.1, 0.15) is 10.4 Å². The highest BCUT2D eigenvalue weighted by Gasteiger charge is 2.50. The summed E-state index contributed by atoms with van der Waals surface area (Å²) in [5.74, 6) is 0.722. The zero-order valence-electron chi connectivity index (χ0n) is 20.4. The molecule has 3 aliphatic rings. The van der Waals surface area contributed by atoms with E-state index in [-0.39, 0.29) is 11.3 Å². The average molecular weight is 503 g/mol. The fraction of sp³-hybridized carbons (Fsp3) is 0.400. The van der Waals surface area contributed by atoms with Gasteiger partial charge in [0.05, 0.1) is 49.3 Å². The molecule has 0 aliphatic carbocycles. The Morgan fingerprint density at radius 2 is 1.89 bits per heavy atom. The van der Waals surface area contributed by atoms with Crippen LogP contribution in [0.4, 0.5) is 17.7 Å². The van der Waals surface area contributed by atoms with Crippen molar-refractivity contribution in [2.45, 2.75) is 0 Å². The molecule has 4 aromatic rings. The molecule has 1 amide bonds. The molecule has 37 heavy (non-hydrogen) atoms. The van der Waals surface area contributed by atoms with Gasteiger partial charge in [-0.05, 0) is 12.1 Å². The minimum absolute atomic E-state index is 0.159. The largest absolute Gasteiger partial charge is 0.422 e. The maximum Gasteiger partial charge on any atom is 0.300 e. The lowest BCUT2D eigenvalue weighted by Gasteiger charge is -2.55. The van der Waals surface area contributed by atoms with Crippen LogP contribution in [0.5, 0.6) is 0 Å². The number of oxazole rings is 1. The number of rotatable bonds is 5. The van der Waals surface area contributed by atoms with Gasteiger partial charge < -0.3 is 29.0 Å². The van der Waals surface area contributed by atoms with E-state index < -0.39 is 0 Å². The van der Waals surface area contributed by atoms with Gasteiger partial charge in [-0.15, -0.1) is 0 Å². The molecule has 0 atom stereocenters. The number of carbonyl (C=O) groups excluding carboxylic acids is 1. The van der Waals surface area contributed by atoms with Gasteiger partial charge in [0.1, 0.15) is 11.6 Å². The number of morpholine rings is 1. The average Bonchev–Trinajstić information content (AvgIpc) is 3.48. The molecule has 0 aromatic carbocycles. The van der Waals surface area contributed by atoms with Crippen LogP contribution in [0.2, 0.25) is 0 Å². The van der Waals surface area contributed by atoms with E-state index in [9.17, 15) is 4.79 Å². The number of carbonyl (C=O) groups is 1. The molecule has 3 fully saturated rings. The van der Waals surface area contributed by atoms with Crippen LogP contribution >= 0.6 is 0 Å². The number of hydrogen-bond donors (Lipinski definition) is 1. The Bertz CT molecular complexity index is 1480. The molecule has 3 aliphatic heterocycles. The molecule has 0 radical (unpaired) electrons. The Labute approximate surface area is 212 Å². The van der Waals surface area contributed by atoms with Crippen molar-refractivity contribution < 1.29 is 18.7 Å². The van der Waals surface area contributed by atoms with E-state index >= 15 is 0 Å². The maximum absolute atomic E-state index is 13.6. The fourth-order valence-corrected chi connectivity index (χ4v) is 5.03. The zero-order chi connectivity index (χ0) is 25.0. The van der Waals surface area contributed by atoms with Gasteiger partial charge in [-0.25, -0.2) is 9.97 Å². The number of pyridine rings is 2. The monoisotopic (exact) mass is 502 g/mol. The summed E-state index contributed by atoms with van der Waals surface area (Å²) in [7, 11) is 1.85. The number of nitrogens with zero attached hydrogens (tertiary/aromatic N) is 7. The van der Waals surface area contributed by atoms with Gasteiger partial charge in [-0.2, -0.15) is 10.1 Å². The summed E-state index contributed by atoms with van der Waals surface area (Å²) in [6, 6.07) is 7.73. The molecule has 0 saturated carbocycles. The quantitative estimate of drug-likeness (QED) is 0.433. The summed E-state index contributed by atoms with van der Waals surface area (Å²) in [6.45, 7) is 5.68. The molecule has 12 heteroatoms. The van der Waals surface area contributed by atoms with Gasteiger partial charge in [-0.1, -0.05) is 6.07 Å². The first-order chi connectivity index (χ1) is 18.1. The van der Waals surface area contributed by atoms with Crippen LogP contribution < -0.4 is 15.1 Å². The predicted octanol–water partition coefficient (Wildman–Crippen LogP) is 1.94. The molecular weight excluding hydrogens is 476 g/mol. The lowest BCUT2D eigenvalue weighted by molar-refractivity contribution is -0.127. The molecule has 12 nitrogen and oxygen atoms in total. The van der Waals surface area contributed by atoms with Crippen LogP contribution in [-0.2, 0) is 16.5 Å². The van der Waals surface area contributed by atoms with Crippen LogP contribution in [0.15, 0.2) is 41.1 Å². The smallest absolute Gasteiger partial charge is 0.300 e. The number of amides is 1. The fourth-order valence-electron chi connectivity index (χ4n) is 5.03. The maximum atomic E-state index is 13.6. The first kappa shape index (κ1) is 22.2. The summed E-state index contributed by atoms with van der Waals surface area (Å²) >= 11 is 0. The zero-order valence-corrected chi connectivity index (χ0v) is 20.4. The molecule has 0 bridgehead atoms. The molecule has 1 N–H and O–H groups in total. The van der Waals surface area contributed by atoms with Crippen molar-refractivity contribution in [3.8, 4) is 11.3 Å². The number of anilines is 3. The molecule has 190 valence electrons. The van der Waals surface area contributed by atoms with Crippen LogP contribution in [0, 0.1) is 5.41 Å². The second-order valence-electron chi connectivity index (χ2n) is 9.89. The lowest BCUT2D eigenvalue weighted by atomic mass is 9.78. The van der Waals surface area contributed by atoms with Crippen molar-refractivity contribution in [2.24, 2.45) is 12.5 Å². The van der Waals surface area contributed by atoms with Crippen molar-refractivity contribution in [3.63, 3.8) is 0 Å². The number of fused-ring (bicyclic) bond motifs is 1. The highest BCUT2D eigenvalue weighted by Crippen LogP contribution is 2.41. The molecule has 0 unspecified atom stereocenters. The van der Waals surface area contributed by atoms with E-state index in [2.05, 4.69) is 25.3 Å². The van der Waals surface area contributed by atoms with E-state index in [0.29, 0.717) is 60.7 Å². The van der Waals surface area contributed by atoms with Crippen LogP contribution in [0.25, 0.3) is 22.5 Å². The first-order valence-electron chi connectivity index (χ1n) is 12.3. The summed E-state index contributed by atoms with van der Waals surface area (Å²) in [5, 5.41) is 7.15. The van der Waals surface area contributed by atoms with Gasteiger partial charge in [0.2, 0.25) is 5.65 Å².